The van der Waals surface area contributed by atoms with Crippen molar-refractivity contribution in [2.24, 2.45) is 4.99 Å². The number of aliphatic imine (C=N–C) groups is 1. The maximum Gasteiger partial charge on any atom is 0.338 e. The van der Waals surface area contributed by atoms with Gasteiger partial charge in [-0.2, -0.15) is 0 Å². The first-order valence-corrected chi connectivity index (χ1v) is 12.7. The molecule has 188 valence electrons. The average molecular weight is 500 g/mol. The van der Waals surface area contributed by atoms with E-state index in [2.05, 4.69) is 5.32 Å². The molecule has 3 heterocycles. The zero-order valence-electron chi connectivity index (χ0n) is 20.9. The first-order chi connectivity index (χ1) is 16.7. The zero-order chi connectivity index (χ0) is 25.2. The molecule has 3 aliphatic rings. The van der Waals surface area contributed by atoms with Crippen molar-refractivity contribution in [3.05, 3.63) is 52.2 Å². The van der Waals surface area contributed by atoms with Crippen molar-refractivity contribution in [3.63, 3.8) is 0 Å². The standard InChI is InChI=1S/C26H33N3O5S/c1-16-22(24(31)34-26(2,3)4)23(19-10-6-7-11-20(19)32-5)29-17(15-35-25(29)28-16)13-21(30)27-14-18-9-8-12-33-18/h6-7,10-11,15,18,23H,8-9,12-14H2,1-5H3,(H,27,30)/t18-,23-/m1/s1. The Hall–Kier alpha value is -2.78. The smallest absolute Gasteiger partial charge is 0.338 e. The fourth-order valence-electron chi connectivity index (χ4n) is 4.41. The van der Waals surface area contributed by atoms with Crippen LogP contribution in [-0.4, -0.2) is 53.9 Å². The molecule has 0 radical (unpaired) electrons. The highest BCUT2D eigenvalue weighted by atomic mass is 32.2. The second kappa shape index (κ2) is 10.5. The number of para-hydroxylation sites is 1. The zero-order valence-corrected chi connectivity index (χ0v) is 21.7. The number of nitrogens with one attached hydrogen (secondary N) is 1. The lowest BCUT2D eigenvalue weighted by molar-refractivity contribution is -0.150. The number of fused-ring (bicyclic) bond motifs is 1. The summed E-state index contributed by atoms with van der Waals surface area (Å²) in [5, 5.41) is 5.63. The Bertz CT molecular complexity index is 1080. The fourth-order valence-corrected chi connectivity index (χ4v) is 5.37. The van der Waals surface area contributed by atoms with Crippen LogP contribution in [0.1, 0.15) is 58.6 Å². The molecule has 0 saturated carbocycles. The lowest BCUT2D eigenvalue weighted by atomic mass is 9.93. The molecule has 2 atom stereocenters. The molecule has 1 N–H and O–H groups in total. The van der Waals surface area contributed by atoms with Gasteiger partial charge in [0.25, 0.3) is 0 Å². The number of benzene rings is 1. The summed E-state index contributed by atoms with van der Waals surface area (Å²) in [5.41, 5.74) is 1.92. The van der Waals surface area contributed by atoms with Crippen molar-refractivity contribution in [2.75, 3.05) is 20.3 Å². The maximum absolute atomic E-state index is 13.4. The number of hydrogen-bond acceptors (Lipinski definition) is 8. The molecular weight excluding hydrogens is 466 g/mol. The van der Waals surface area contributed by atoms with Crippen molar-refractivity contribution >= 4 is 28.8 Å². The molecule has 35 heavy (non-hydrogen) atoms. The molecule has 0 unspecified atom stereocenters. The topological polar surface area (TPSA) is 89.5 Å². The molecule has 8 nitrogen and oxygen atoms in total. The highest BCUT2D eigenvalue weighted by Crippen LogP contribution is 2.47. The third-order valence-electron chi connectivity index (χ3n) is 5.95. The van der Waals surface area contributed by atoms with Crippen molar-refractivity contribution < 1.29 is 23.8 Å². The number of nitrogens with zero attached hydrogens (tertiary/aromatic N) is 2. The Kier molecular flexibility index (Phi) is 7.56. The Labute approximate surface area is 210 Å². The summed E-state index contributed by atoms with van der Waals surface area (Å²) >= 11 is 1.44. The lowest BCUT2D eigenvalue weighted by Crippen LogP contribution is -2.40. The Balaban J connectivity index is 1.66. The number of carbonyl (C=O) groups is 2. The van der Waals surface area contributed by atoms with E-state index in [4.69, 9.17) is 19.2 Å². The number of ether oxygens (including phenoxy) is 3. The predicted molar refractivity (Wildman–Crippen MR) is 136 cm³/mol. The van der Waals surface area contributed by atoms with E-state index in [1.54, 1.807) is 7.11 Å². The van der Waals surface area contributed by atoms with Crippen LogP contribution in [0.15, 0.2) is 51.6 Å². The Morgan fingerprint density at radius 1 is 1.29 bits per heavy atom. The van der Waals surface area contributed by atoms with E-state index < -0.39 is 17.6 Å². The van der Waals surface area contributed by atoms with E-state index in [-0.39, 0.29) is 18.4 Å². The van der Waals surface area contributed by atoms with Crippen LogP contribution >= 0.6 is 11.8 Å². The molecule has 1 fully saturated rings. The number of amides is 1. The van der Waals surface area contributed by atoms with Gasteiger partial charge >= 0.3 is 5.97 Å². The van der Waals surface area contributed by atoms with Crippen molar-refractivity contribution in [1.29, 1.82) is 0 Å². The quantitative estimate of drug-likeness (QED) is 0.560. The van der Waals surface area contributed by atoms with Crippen LogP contribution in [0.4, 0.5) is 0 Å². The number of methoxy groups -OCH3 is 1. The van der Waals surface area contributed by atoms with Crippen LogP contribution in [0.5, 0.6) is 5.75 Å². The second-order valence-electron chi connectivity index (χ2n) is 9.75. The van der Waals surface area contributed by atoms with E-state index in [0.29, 0.717) is 28.7 Å². The molecular formula is C26H33N3O5S. The first kappa shape index (κ1) is 25.3. The summed E-state index contributed by atoms with van der Waals surface area (Å²) in [6, 6.07) is 7.05. The summed E-state index contributed by atoms with van der Waals surface area (Å²) in [6.07, 6.45) is 2.21. The molecule has 0 aliphatic carbocycles. The molecule has 9 heteroatoms. The van der Waals surface area contributed by atoms with Gasteiger partial charge in [-0.05, 0) is 52.0 Å². The molecule has 0 aromatic heterocycles. The number of carbonyl (C=O) groups excluding carboxylic acids is 2. The third kappa shape index (κ3) is 5.73. The van der Waals surface area contributed by atoms with Gasteiger partial charge in [-0.25, -0.2) is 9.79 Å². The summed E-state index contributed by atoms with van der Waals surface area (Å²) < 4.78 is 17.1. The monoisotopic (exact) mass is 499 g/mol. The van der Waals surface area contributed by atoms with Gasteiger partial charge in [0.15, 0.2) is 5.17 Å². The summed E-state index contributed by atoms with van der Waals surface area (Å²) in [7, 11) is 1.61. The summed E-state index contributed by atoms with van der Waals surface area (Å²) in [5.74, 6) is 0.108. The number of rotatable bonds is 7. The van der Waals surface area contributed by atoms with Crippen LogP contribution in [0.25, 0.3) is 0 Å². The van der Waals surface area contributed by atoms with Gasteiger partial charge in [-0.3, -0.25) is 4.79 Å². The molecule has 0 spiro atoms. The van der Waals surface area contributed by atoms with Crippen LogP contribution in [0.2, 0.25) is 0 Å². The number of hydrogen-bond donors (Lipinski definition) is 1. The molecule has 1 saturated heterocycles. The van der Waals surface area contributed by atoms with Crippen LogP contribution < -0.4 is 10.1 Å². The number of thioether (sulfide) groups is 1. The van der Waals surface area contributed by atoms with Crippen LogP contribution in [0.3, 0.4) is 0 Å². The highest BCUT2D eigenvalue weighted by Gasteiger charge is 2.43. The van der Waals surface area contributed by atoms with Gasteiger partial charge in [0, 0.05) is 24.4 Å². The molecule has 1 aromatic carbocycles. The lowest BCUT2D eigenvalue weighted by Gasteiger charge is -2.37. The molecule has 3 aliphatic heterocycles. The van der Waals surface area contributed by atoms with Gasteiger partial charge in [-0.15, -0.1) is 0 Å². The van der Waals surface area contributed by atoms with Gasteiger partial charge in [-0.1, -0.05) is 30.0 Å². The van der Waals surface area contributed by atoms with Gasteiger partial charge in [0.05, 0.1) is 36.9 Å². The largest absolute Gasteiger partial charge is 0.496 e. The van der Waals surface area contributed by atoms with E-state index in [0.717, 1.165) is 30.7 Å². The number of amidine groups is 1. The minimum Gasteiger partial charge on any atom is -0.496 e. The molecule has 1 aromatic rings. The minimum absolute atomic E-state index is 0.0728. The molecule has 4 rings (SSSR count). The molecule has 0 bridgehead atoms. The van der Waals surface area contributed by atoms with E-state index in [1.165, 1.54) is 11.8 Å². The van der Waals surface area contributed by atoms with Crippen LogP contribution in [0, 0.1) is 0 Å². The van der Waals surface area contributed by atoms with Crippen LogP contribution in [-0.2, 0) is 19.1 Å². The van der Waals surface area contributed by atoms with E-state index in [1.807, 2.05) is 62.3 Å². The Morgan fingerprint density at radius 2 is 2.06 bits per heavy atom. The van der Waals surface area contributed by atoms with E-state index >= 15 is 0 Å². The second-order valence-corrected chi connectivity index (χ2v) is 10.6. The van der Waals surface area contributed by atoms with Gasteiger partial charge in [0.2, 0.25) is 5.91 Å². The fraction of sp³-hybridized carbons (Fsp3) is 0.500. The maximum atomic E-state index is 13.4. The molecule has 1 amide bonds. The number of esters is 1. The summed E-state index contributed by atoms with van der Waals surface area (Å²) in [6.45, 7) is 8.58. The Morgan fingerprint density at radius 3 is 2.74 bits per heavy atom. The third-order valence-corrected chi connectivity index (χ3v) is 6.83. The summed E-state index contributed by atoms with van der Waals surface area (Å²) in [4.78, 5) is 33.0. The SMILES string of the molecule is COc1ccccc1[C@@H]1C(C(=O)OC(C)(C)C)=C(C)N=C2SC=C(CC(=O)NC[C@H]3CCCO3)N21. The van der Waals surface area contributed by atoms with Gasteiger partial charge in [0.1, 0.15) is 11.4 Å². The highest BCUT2D eigenvalue weighted by molar-refractivity contribution is 8.16. The van der Waals surface area contributed by atoms with Gasteiger partial charge < -0.3 is 24.4 Å². The normalized spacial score (nSPS) is 21.9. The van der Waals surface area contributed by atoms with Crippen molar-refractivity contribution in [2.45, 2.75) is 64.7 Å². The minimum atomic E-state index is -0.666. The van der Waals surface area contributed by atoms with Crippen molar-refractivity contribution in [3.8, 4) is 5.75 Å². The van der Waals surface area contributed by atoms with E-state index in [9.17, 15) is 9.59 Å². The number of allylic oxidation sites excluding steroid dienone is 1. The predicted octanol–water partition coefficient (Wildman–Crippen LogP) is 4.30. The first-order valence-electron chi connectivity index (χ1n) is 11.9. The van der Waals surface area contributed by atoms with Crippen molar-refractivity contribution in [1.82, 2.24) is 10.2 Å². The average Bonchev–Trinajstić information content (AvgIpc) is 3.45.